The fourth-order valence-corrected chi connectivity index (χ4v) is 5.54. The molecular formula is C10H9I3N2O4. The quantitative estimate of drug-likeness (QED) is 0.212. The molecular weight excluding hydrogens is 593 g/mol. The molecule has 0 radical (unpaired) electrons. The van der Waals surface area contributed by atoms with E-state index in [0.717, 1.165) is 9.13 Å². The van der Waals surface area contributed by atoms with E-state index in [1.54, 1.807) is 0 Å². The molecule has 0 aromatic heterocycles. The molecule has 6 nitrogen and oxygen atoms in total. The predicted molar refractivity (Wildman–Crippen MR) is 94.8 cm³/mol. The molecule has 1 amide bonds. The van der Waals surface area contributed by atoms with Crippen molar-refractivity contribution in [1.29, 1.82) is 0 Å². The van der Waals surface area contributed by atoms with Crippen molar-refractivity contribution < 1.29 is 19.4 Å². The van der Waals surface area contributed by atoms with Crippen LogP contribution in [0.15, 0.2) is 0 Å². The average Bonchev–Trinajstić information content (AvgIpc) is 2.31. The minimum absolute atomic E-state index is 0.0731. The number of esters is 1. The van der Waals surface area contributed by atoms with E-state index in [9.17, 15) is 9.59 Å². The maximum atomic E-state index is 11.9. The van der Waals surface area contributed by atoms with E-state index in [2.05, 4.69) is 27.3 Å². The summed E-state index contributed by atoms with van der Waals surface area (Å²) >= 11 is 5.93. The van der Waals surface area contributed by atoms with Gasteiger partial charge in [-0.05, 0) is 79.8 Å². The fourth-order valence-electron chi connectivity index (χ4n) is 1.39. The molecule has 1 aromatic rings. The summed E-state index contributed by atoms with van der Waals surface area (Å²) in [6.07, 6.45) is -0.813. The highest BCUT2D eigenvalue weighted by Gasteiger charge is 2.25. The zero-order valence-corrected chi connectivity index (χ0v) is 15.8. The van der Waals surface area contributed by atoms with Crippen LogP contribution in [-0.4, -0.2) is 23.8 Å². The normalized spacial score (nSPS) is 10.3. The topological polar surface area (TPSA) is 116 Å². The van der Waals surface area contributed by atoms with Crippen molar-refractivity contribution in [1.82, 2.24) is 0 Å². The van der Waals surface area contributed by atoms with E-state index in [-0.39, 0.29) is 12.2 Å². The van der Waals surface area contributed by atoms with E-state index < -0.39 is 12.1 Å². The lowest BCUT2D eigenvalue weighted by Crippen LogP contribution is -2.21. The van der Waals surface area contributed by atoms with Crippen LogP contribution in [0.4, 0.5) is 10.5 Å². The number of primary amides is 1. The highest BCUT2D eigenvalue weighted by Crippen LogP contribution is 2.34. The van der Waals surface area contributed by atoms with Crippen LogP contribution in [-0.2, 0) is 11.2 Å². The number of ether oxygens (including phenoxy) is 1. The van der Waals surface area contributed by atoms with E-state index in [1.165, 1.54) is 0 Å². The number of halogens is 3. The summed E-state index contributed by atoms with van der Waals surface area (Å²) in [7, 11) is 0. The molecule has 0 saturated heterocycles. The zero-order valence-electron chi connectivity index (χ0n) is 9.37. The number of rotatable bonds is 3. The van der Waals surface area contributed by atoms with Crippen molar-refractivity contribution >= 4 is 85.5 Å². The number of amides is 1. The molecule has 0 heterocycles. The Balaban J connectivity index is 3.47. The Morgan fingerprint density at radius 3 is 2.21 bits per heavy atom. The summed E-state index contributed by atoms with van der Waals surface area (Å²) in [5.41, 5.74) is 12.1. The lowest BCUT2D eigenvalue weighted by atomic mass is 10.1. The van der Waals surface area contributed by atoms with Gasteiger partial charge in [-0.25, -0.2) is 9.59 Å². The van der Waals surface area contributed by atoms with Gasteiger partial charge in [0.25, 0.3) is 0 Å². The van der Waals surface area contributed by atoms with E-state index >= 15 is 0 Å². The molecule has 1 rings (SSSR count). The lowest BCUT2D eigenvalue weighted by Gasteiger charge is -2.15. The molecule has 0 aliphatic carbocycles. The number of aliphatic hydroxyl groups is 1. The van der Waals surface area contributed by atoms with Gasteiger partial charge in [0.1, 0.15) is 0 Å². The van der Waals surface area contributed by atoms with E-state index in [0.29, 0.717) is 19.2 Å². The van der Waals surface area contributed by atoms with Gasteiger partial charge >= 0.3 is 12.1 Å². The highest BCUT2D eigenvalue weighted by atomic mass is 127. The van der Waals surface area contributed by atoms with Gasteiger partial charge in [0, 0.05) is 13.7 Å². The Labute approximate surface area is 150 Å². The summed E-state index contributed by atoms with van der Waals surface area (Å²) in [4.78, 5) is 22.5. The van der Waals surface area contributed by atoms with Gasteiger partial charge in [0.15, 0.2) is 0 Å². The van der Waals surface area contributed by atoms with Crippen LogP contribution in [0.5, 0.6) is 0 Å². The molecule has 0 fully saturated rings. The molecule has 104 valence electrons. The summed E-state index contributed by atoms with van der Waals surface area (Å²) in [5.74, 6) is -0.844. The lowest BCUT2D eigenvalue weighted by molar-refractivity contribution is 0.0636. The van der Waals surface area contributed by atoms with Crippen molar-refractivity contribution in [3.63, 3.8) is 0 Å². The Morgan fingerprint density at radius 1 is 1.16 bits per heavy atom. The van der Waals surface area contributed by atoms with Gasteiger partial charge in [-0.15, -0.1) is 0 Å². The third-order valence-corrected chi connectivity index (χ3v) is 5.74. The molecule has 0 aliphatic rings. The molecule has 0 spiro atoms. The smallest absolute Gasteiger partial charge is 0.397 e. The van der Waals surface area contributed by atoms with Crippen molar-refractivity contribution in [2.75, 3.05) is 12.3 Å². The molecule has 0 atom stereocenters. The molecule has 0 aliphatic heterocycles. The minimum Gasteiger partial charge on any atom is -0.397 e. The monoisotopic (exact) mass is 602 g/mol. The fraction of sp³-hybridized carbons (Fsp3) is 0.200. The first kappa shape index (κ1) is 17.2. The van der Waals surface area contributed by atoms with Gasteiger partial charge in [0.2, 0.25) is 0 Å². The molecule has 0 bridgehead atoms. The third-order valence-electron chi connectivity index (χ3n) is 2.20. The van der Waals surface area contributed by atoms with Gasteiger partial charge in [-0.2, -0.15) is 0 Å². The highest BCUT2D eigenvalue weighted by molar-refractivity contribution is 14.1. The van der Waals surface area contributed by atoms with Crippen LogP contribution in [0.25, 0.3) is 0 Å². The first-order valence-electron chi connectivity index (χ1n) is 4.88. The first-order valence-corrected chi connectivity index (χ1v) is 8.12. The van der Waals surface area contributed by atoms with Gasteiger partial charge < -0.3 is 21.3 Å². The first-order chi connectivity index (χ1) is 8.81. The summed E-state index contributed by atoms with van der Waals surface area (Å²) in [6, 6.07) is 0. The van der Waals surface area contributed by atoms with Crippen LogP contribution in [0.2, 0.25) is 0 Å². The van der Waals surface area contributed by atoms with Crippen LogP contribution >= 0.6 is 67.8 Å². The van der Waals surface area contributed by atoms with Gasteiger partial charge in [-0.3, -0.25) is 0 Å². The molecule has 0 saturated carbocycles. The van der Waals surface area contributed by atoms with E-state index in [4.69, 9.17) is 16.6 Å². The molecule has 1 aromatic carbocycles. The Morgan fingerprint density at radius 2 is 1.74 bits per heavy atom. The van der Waals surface area contributed by atoms with Gasteiger partial charge in [0.05, 0.1) is 14.8 Å². The number of anilines is 1. The Kier molecular flexibility index (Phi) is 6.52. The van der Waals surface area contributed by atoms with Crippen molar-refractivity contribution in [3.8, 4) is 0 Å². The maximum absolute atomic E-state index is 11.9. The largest absolute Gasteiger partial charge is 0.412 e. The number of carbonyl (C=O) groups is 2. The maximum Gasteiger partial charge on any atom is 0.412 e. The number of benzene rings is 1. The standard InChI is InChI=1S/C10H9I3N2O4/c11-5-3(1-2-16)6(12)8(14)7(13)4(5)9(17)19-10(15)18/h16H,1-2,14H2,(H2,15,18). The number of hydrogen-bond donors (Lipinski definition) is 3. The van der Waals surface area contributed by atoms with Crippen LogP contribution in [0.3, 0.4) is 0 Å². The van der Waals surface area contributed by atoms with Crippen LogP contribution in [0.1, 0.15) is 15.9 Å². The SMILES string of the molecule is NC(=O)OC(=O)c1c(I)c(N)c(I)c(CCO)c1I. The summed E-state index contributed by atoms with van der Waals surface area (Å²) in [6.45, 7) is -0.0731. The minimum atomic E-state index is -1.17. The number of carbonyl (C=O) groups excluding carboxylic acids is 2. The number of nitrogens with two attached hydrogens (primary N) is 2. The number of aliphatic hydroxyl groups excluding tert-OH is 1. The summed E-state index contributed by atoms with van der Waals surface area (Å²) < 4.78 is 6.27. The Hall–Kier alpha value is 0.110. The molecule has 0 unspecified atom stereocenters. The van der Waals surface area contributed by atoms with Crippen molar-refractivity contribution in [2.45, 2.75) is 6.42 Å². The van der Waals surface area contributed by atoms with Crippen LogP contribution in [0, 0.1) is 10.7 Å². The average molecular weight is 602 g/mol. The summed E-state index contributed by atoms with van der Waals surface area (Å²) in [5, 5.41) is 9.06. The van der Waals surface area contributed by atoms with E-state index in [1.807, 2.05) is 45.2 Å². The molecule has 9 heteroatoms. The predicted octanol–water partition coefficient (Wildman–Crippen LogP) is 1.85. The molecule has 19 heavy (non-hydrogen) atoms. The third kappa shape index (κ3) is 3.81. The number of nitrogen functional groups attached to an aromatic ring is 1. The zero-order chi connectivity index (χ0) is 14.7. The Bertz CT molecular complexity index is 548. The second-order valence-electron chi connectivity index (χ2n) is 3.39. The number of hydrogen-bond acceptors (Lipinski definition) is 5. The van der Waals surface area contributed by atoms with Gasteiger partial charge in [-0.1, -0.05) is 0 Å². The van der Waals surface area contributed by atoms with Crippen molar-refractivity contribution in [2.24, 2.45) is 5.73 Å². The van der Waals surface area contributed by atoms with Crippen molar-refractivity contribution in [3.05, 3.63) is 21.8 Å². The van der Waals surface area contributed by atoms with Crippen LogP contribution < -0.4 is 11.5 Å². The second-order valence-corrected chi connectivity index (χ2v) is 6.63. The second kappa shape index (κ2) is 7.21. The molecule has 5 N–H and O–H groups in total.